The fourth-order valence-corrected chi connectivity index (χ4v) is 1.60. The maximum atomic E-state index is 12.1. The summed E-state index contributed by atoms with van der Waals surface area (Å²) in [5, 5.41) is 16.7. The monoisotopic (exact) mass is 233 g/mol. The standard InChI is InChI=1S/C12H15N3O2/c1-8(7-16)15(2)12(17)9-3-4-11-10(5-9)6-13-14-11/h3-6,8,16H,7H2,1-2H3,(H,13,14). The number of nitrogens with zero attached hydrogens (tertiary/aromatic N) is 2. The first-order valence-corrected chi connectivity index (χ1v) is 5.44. The molecule has 1 aromatic heterocycles. The van der Waals surface area contributed by atoms with Crippen molar-refractivity contribution in [3.63, 3.8) is 0 Å². The Morgan fingerprint density at radius 1 is 1.59 bits per heavy atom. The lowest BCUT2D eigenvalue weighted by Crippen LogP contribution is -2.37. The molecule has 5 nitrogen and oxygen atoms in total. The molecule has 0 aliphatic heterocycles. The van der Waals surface area contributed by atoms with Gasteiger partial charge in [-0.25, -0.2) is 0 Å². The van der Waals surface area contributed by atoms with Crippen LogP contribution in [0.1, 0.15) is 17.3 Å². The van der Waals surface area contributed by atoms with Crippen molar-refractivity contribution in [2.24, 2.45) is 0 Å². The van der Waals surface area contributed by atoms with Crippen LogP contribution in [0.25, 0.3) is 10.9 Å². The van der Waals surface area contributed by atoms with E-state index in [-0.39, 0.29) is 18.6 Å². The highest BCUT2D eigenvalue weighted by Crippen LogP contribution is 2.14. The number of carbonyl (C=O) groups is 1. The largest absolute Gasteiger partial charge is 0.394 e. The van der Waals surface area contributed by atoms with E-state index in [2.05, 4.69) is 10.2 Å². The van der Waals surface area contributed by atoms with Gasteiger partial charge in [0.1, 0.15) is 0 Å². The second-order valence-corrected chi connectivity index (χ2v) is 4.12. The van der Waals surface area contributed by atoms with Crippen molar-refractivity contribution in [2.75, 3.05) is 13.7 Å². The molecule has 0 fully saturated rings. The van der Waals surface area contributed by atoms with Gasteiger partial charge in [0.05, 0.1) is 24.4 Å². The fraction of sp³-hybridized carbons (Fsp3) is 0.333. The second-order valence-electron chi connectivity index (χ2n) is 4.12. The van der Waals surface area contributed by atoms with Crippen LogP contribution in [-0.4, -0.2) is 45.8 Å². The Morgan fingerprint density at radius 3 is 3.06 bits per heavy atom. The highest BCUT2D eigenvalue weighted by Gasteiger charge is 2.17. The van der Waals surface area contributed by atoms with Crippen LogP contribution in [0.15, 0.2) is 24.4 Å². The number of aromatic nitrogens is 2. The van der Waals surface area contributed by atoms with Crippen molar-refractivity contribution in [3.8, 4) is 0 Å². The molecule has 1 unspecified atom stereocenters. The summed E-state index contributed by atoms with van der Waals surface area (Å²) in [5.74, 6) is -0.102. The minimum atomic E-state index is -0.192. The zero-order valence-corrected chi connectivity index (χ0v) is 9.84. The molecule has 0 aliphatic rings. The first-order valence-electron chi connectivity index (χ1n) is 5.44. The Morgan fingerprint density at radius 2 is 2.35 bits per heavy atom. The maximum absolute atomic E-state index is 12.1. The molecule has 0 radical (unpaired) electrons. The number of rotatable bonds is 3. The minimum absolute atomic E-state index is 0.0454. The van der Waals surface area contributed by atoms with E-state index in [4.69, 9.17) is 5.11 Å². The van der Waals surface area contributed by atoms with Crippen LogP contribution < -0.4 is 0 Å². The summed E-state index contributed by atoms with van der Waals surface area (Å²) < 4.78 is 0. The summed E-state index contributed by atoms with van der Waals surface area (Å²) in [6.45, 7) is 1.75. The van der Waals surface area contributed by atoms with Crippen molar-refractivity contribution < 1.29 is 9.90 Å². The topological polar surface area (TPSA) is 69.2 Å². The number of aliphatic hydroxyl groups excluding tert-OH is 1. The van der Waals surface area contributed by atoms with E-state index >= 15 is 0 Å². The normalized spacial score (nSPS) is 12.6. The van der Waals surface area contributed by atoms with Gasteiger partial charge in [-0.15, -0.1) is 0 Å². The van der Waals surface area contributed by atoms with Crippen LogP contribution in [0.3, 0.4) is 0 Å². The number of nitrogens with one attached hydrogen (secondary N) is 1. The maximum Gasteiger partial charge on any atom is 0.253 e. The molecule has 0 aliphatic carbocycles. The molecule has 1 amide bonds. The average Bonchev–Trinajstić information content (AvgIpc) is 2.83. The Labute approximate surface area is 99.1 Å². The van der Waals surface area contributed by atoms with E-state index in [0.717, 1.165) is 10.9 Å². The van der Waals surface area contributed by atoms with Crippen molar-refractivity contribution in [2.45, 2.75) is 13.0 Å². The lowest BCUT2D eigenvalue weighted by Gasteiger charge is -2.23. The van der Waals surface area contributed by atoms with Gasteiger partial charge >= 0.3 is 0 Å². The number of carbonyl (C=O) groups excluding carboxylic acids is 1. The van der Waals surface area contributed by atoms with Gasteiger partial charge in [0.15, 0.2) is 0 Å². The summed E-state index contributed by atoms with van der Waals surface area (Å²) in [6.07, 6.45) is 1.68. The van der Waals surface area contributed by atoms with Gasteiger partial charge in [0.25, 0.3) is 5.91 Å². The summed E-state index contributed by atoms with van der Waals surface area (Å²) >= 11 is 0. The lowest BCUT2D eigenvalue weighted by molar-refractivity contribution is 0.0682. The van der Waals surface area contributed by atoms with Crippen LogP contribution >= 0.6 is 0 Å². The van der Waals surface area contributed by atoms with Crippen molar-refractivity contribution in [1.29, 1.82) is 0 Å². The van der Waals surface area contributed by atoms with E-state index in [1.807, 2.05) is 6.07 Å². The number of hydrogen-bond donors (Lipinski definition) is 2. The van der Waals surface area contributed by atoms with Crippen LogP contribution in [0.5, 0.6) is 0 Å². The van der Waals surface area contributed by atoms with E-state index in [1.54, 1.807) is 32.3 Å². The van der Waals surface area contributed by atoms with Crippen molar-refractivity contribution >= 4 is 16.8 Å². The van der Waals surface area contributed by atoms with Crippen molar-refractivity contribution in [3.05, 3.63) is 30.0 Å². The molecule has 1 heterocycles. The van der Waals surface area contributed by atoms with Gasteiger partial charge in [-0.1, -0.05) is 0 Å². The number of fused-ring (bicyclic) bond motifs is 1. The Bertz CT molecular complexity index is 535. The fourth-order valence-electron chi connectivity index (χ4n) is 1.60. The first kappa shape index (κ1) is 11.6. The summed E-state index contributed by atoms with van der Waals surface area (Å²) in [6, 6.07) is 5.18. The van der Waals surface area contributed by atoms with E-state index in [0.29, 0.717) is 5.56 Å². The number of aliphatic hydroxyl groups is 1. The molecule has 1 aromatic carbocycles. The summed E-state index contributed by atoms with van der Waals surface area (Å²) in [5.41, 5.74) is 1.50. The number of amides is 1. The third-order valence-corrected chi connectivity index (χ3v) is 2.93. The predicted molar refractivity (Wildman–Crippen MR) is 64.7 cm³/mol. The number of likely N-dealkylation sites (N-methyl/N-ethyl adjacent to an activating group) is 1. The lowest BCUT2D eigenvalue weighted by atomic mass is 10.1. The Hall–Kier alpha value is -1.88. The molecule has 0 spiro atoms. The van der Waals surface area contributed by atoms with Gasteiger partial charge in [-0.05, 0) is 25.1 Å². The molecule has 2 rings (SSSR count). The van der Waals surface area contributed by atoms with Crippen LogP contribution in [0.2, 0.25) is 0 Å². The summed E-state index contributed by atoms with van der Waals surface area (Å²) in [7, 11) is 1.68. The molecule has 1 atom stereocenters. The molecular weight excluding hydrogens is 218 g/mol. The minimum Gasteiger partial charge on any atom is -0.394 e. The SMILES string of the molecule is CC(CO)N(C)C(=O)c1ccc2[nH]ncc2c1. The molecule has 2 N–H and O–H groups in total. The summed E-state index contributed by atoms with van der Waals surface area (Å²) in [4.78, 5) is 13.6. The van der Waals surface area contributed by atoms with Gasteiger partial charge in [-0.2, -0.15) is 5.10 Å². The Kier molecular flexibility index (Phi) is 3.10. The quantitative estimate of drug-likeness (QED) is 0.831. The van der Waals surface area contributed by atoms with Crippen LogP contribution in [-0.2, 0) is 0 Å². The van der Waals surface area contributed by atoms with Gasteiger partial charge in [-0.3, -0.25) is 9.89 Å². The number of H-pyrrole nitrogens is 1. The van der Waals surface area contributed by atoms with E-state index < -0.39 is 0 Å². The Balaban J connectivity index is 2.29. The second kappa shape index (κ2) is 4.55. The third kappa shape index (κ3) is 2.14. The molecule has 90 valence electrons. The van der Waals surface area contributed by atoms with Crippen molar-refractivity contribution in [1.82, 2.24) is 15.1 Å². The number of hydrogen-bond acceptors (Lipinski definition) is 3. The molecule has 5 heteroatoms. The molecular formula is C12H15N3O2. The predicted octanol–water partition coefficient (Wildman–Crippen LogP) is 1.02. The third-order valence-electron chi connectivity index (χ3n) is 2.93. The zero-order chi connectivity index (χ0) is 12.4. The van der Waals surface area contributed by atoms with Gasteiger partial charge in [0, 0.05) is 18.0 Å². The molecule has 0 saturated heterocycles. The molecule has 0 saturated carbocycles. The first-order chi connectivity index (χ1) is 8.13. The number of benzene rings is 1. The highest BCUT2D eigenvalue weighted by atomic mass is 16.3. The average molecular weight is 233 g/mol. The smallest absolute Gasteiger partial charge is 0.253 e. The highest BCUT2D eigenvalue weighted by molar-refractivity contribution is 5.97. The molecule has 17 heavy (non-hydrogen) atoms. The van der Waals surface area contributed by atoms with Gasteiger partial charge < -0.3 is 10.0 Å². The molecule has 2 aromatic rings. The molecule has 0 bridgehead atoms. The zero-order valence-electron chi connectivity index (χ0n) is 9.84. The van der Waals surface area contributed by atoms with Crippen LogP contribution in [0.4, 0.5) is 0 Å². The van der Waals surface area contributed by atoms with E-state index in [9.17, 15) is 4.79 Å². The van der Waals surface area contributed by atoms with Gasteiger partial charge in [0.2, 0.25) is 0 Å². The van der Waals surface area contributed by atoms with Crippen LogP contribution in [0, 0.1) is 0 Å². The van der Waals surface area contributed by atoms with E-state index in [1.165, 1.54) is 4.90 Å². The number of aromatic amines is 1.